The third-order valence-electron chi connectivity index (χ3n) is 0.0282. The molecule has 0 aliphatic rings. The maximum atomic E-state index is 7.02. The summed E-state index contributed by atoms with van der Waals surface area (Å²) in [6.07, 6.45) is 0. The lowest BCUT2D eigenvalue weighted by atomic mass is 14.6. The SMILES string of the molecule is OOOCl. The zero-order chi connectivity index (χ0) is 3.41. The van der Waals surface area contributed by atoms with Gasteiger partial charge in [-0.2, -0.15) is 0 Å². The van der Waals surface area contributed by atoms with E-state index in [1.54, 1.807) is 0 Å². The van der Waals surface area contributed by atoms with Crippen LogP contribution in [0.3, 0.4) is 0 Å². The van der Waals surface area contributed by atoms with Crippen molar-refractivity contribution >= 4 is 11.9 Å². The number of hydrogen-bond acceptors (Lipinski definition) is 3. The Labute approximate surface area is 27.7 Å². The van der Waals surface area contributed by atoms with Crippen molar-refractivity contribution in [3.63, 3.8) is 0 Å². The van der Waals surface area contributed by atoms with Crippen molar-refractivity contribution < 1.29 is 14.7 Å². The average molecular weight is 84.5 g/mol. The molecule has 0 saturated carbocycles. The highest BCUT2D eigenvalue weighted by atomic mass is 35.5. The van der Waals surface area contributed by atoms with Crippen LogP contribution in [0.1, 0.15) is 0 Å². The van der Waals surface area contributed by atoms with Crippen molar-refractivity contribution in [2.24, 2.45) is 0 Å². The molecule has 0 fully saturated rings. The summed E-state index contributed by atoms with van der Waals surface area (Å²) < 4.78 is 3.07. The van der Waals surface area contributed by atoms with Crippen LogP contribution in [0.5, 0.6) is 0 Å². The van der Waals surface area contributed by atoms with Crippen LogP contribution in [0.4, 0.5) is 0 Å². The molecule has 0 aliphatic heterocycles. The summed E-state index contributed by atoms with van der Waals surface area (Å²) in [6.45, 7) is 0. The van der Waals surface area contributed by atoms with Crippen LogP contribution in [0.25, 0.3) is 0 Å². The first-order chi connectivity index (χ1) is 1.91. The van der Waals surface area contributed by atoms with E-state index in [1.807, 2.05) is 0 Å². The van der Waals surface area contributed by atoms with Gasteiger partial charge in [0.25, 0.3) is 0 Å². The molecule has 0 atom stereocenters. The Hall–Kier alpha value is 0.170. The van der Waals surface area contributed by atoms with Crippen LogP contribution in [0, 0.1) is 0 Å². The van der Waals surface area contributed by atoms with E-state index in [-0.39, 0.29) is 0 Å². The third kappa shape index (κ3) is 2.17. The monoisotopic (exact) mass is 84.0 g/mol. The van der Waals surface area contributed by atoms with Gasteiger partial charge in [0.15, 0.2) is 0 Å². The fraction of sp³-hybridized carbons (Fsp3) is 0. The largest absolute Gasteiger partial charge is 0.220 e. The van der Waals surface area contributed by atoms with Crippen LogP contribution in [-0.4, -0.2) is 5.26 Å². The van der Waals surface area contributed by atoms with Crippen LogP contribution >= 0.6 is 11.9 Å². The summed E-state index contributed by atoms with van der Waals surface area (Å²) in [5.41, 5.74) is 0. The van der Waals surface area contributed by atoms with Crippen LogP contribution < -0.4 is 0 Å². The fourth-order valence-corrected chi connectivity index (χ4v) is 0. The minimum atomic E-state index is 2.81. The maximum Gasteiger partial charge on any atom is 0.103 e. The summed E-state index contributed by atoms with van der Waals surface area (Å²) in [5, 5.41) is 9.83. The van der Waals surface area contributed by atoms with Gasteiger partial charge in [0, 0.05) is 0 Å². The highest BCUT2D eigenvalue weighted by Crippen LogP contribution is 1.71. The van der Waals surface area contributed by atoms with Gasteiger partial charge in [-0.15, -0.1) is 0 Å². The summed E-state index contributed by atoms with van der Waals surface area (Å²) in [7, 11) is 0. The zero-order valence-electron chi connectivity index (χ0n) is 1.64. The highest BCUT2D eigenvalue weighted by Gasteiger charge is 1.56. The molecule has 0 unspecified atom stereocenters. The molecule has 0 radical (unpaired) electrons. The Morgan fingerprint density at radius 1 is 1.75 bits per heavy atom. The second-order valence-corrected chi connectivity index (χ2v) is 0.264. The molecule has 1 N–H and O–H groups in total. The molecule has 0 aromatic rings. The second kappa shape index (κ2) is 3.17. The molecule has 0 aromatic heterocycles. The van der Waals surface area contributed by atoms with Crippen molar-refractivity contribution in [2.75, 3.05) is 0 Å². The molecule has 0 aromatic carbocycles. The van der Waals surface area contributed by atoms with Crippen molar-refractivity contribution in [1.82, 2.24) is 0 Å². The third-order valence-corrected chi connectivity index (χ3v) is 0.0845. The highest BCUT2D eigenvalue weighted by molar-refractivity contribution is 6.06. The Morgan fingerprint density at radius 3 is 2.00 bits per heavy atom. The predicted molar refractivity (Wildman–Crippen MR) is 10.7 cm³/mol. The van der Waals surface area contributed by atoms with Gasteiger partial charge >= 0.3 is 0 Å². The van der Waals surface area contributed by atoms with Gasteiger partial charge in [0.1, 0.15) is 11.9 Å². The minimum absolute atomic E-state index is 2.81. The van der Waals surface area contributed by atoms with Crippen LogP contribution in [-0.2, 0) is 9.48 Å². The topological polar surface area (TPSA) is 38.7 Å². The van der Waals surface area contributed by atoms with E-state index in [1.165, 1.54) is 0 Å². The molecule has 0 amide bonds. The van der Waals surface area contributed by atoms with E-state index < -0.39 is 0 Å². The van der Waals surface area contributed by atoms with Gasteiger partial charge in [-0.1, -0.05) is 9.48 Å². The molecule has 4 heavy (non-hydrogen) atoms. The van der Waals surface area contributed by atoms with E-state index in [0.717, 1.165) is 0 Å². The van der Waals surface area contributed by atoms with Crippen LogP contribution in [0.2, 0.25) is 0 Å². The van der Waals surface area contributed by atoms with E-state index in [0.29, 0.717) is 0 Å². The summed E-state index contributed by atoms with van der Waals surface area (Å²) in [4.78, 5) is 0. The Kier molecular flexibility index (Phi) is 3.30. The van der Waals surface area contributed by atoms with E-state index in [4.69, 9.17) is 5.26 Å². The van der Waals surface area contributed by atoms with Gasteiger partial charge < -0.3 is 0 Å². The molecular formula is HClO3. The van der Waals surface area contributed by atoms with Gasteiger partial charge in [0.05, 0.1) is 0 Å². The van der Waals surface area contributed by atoms with Crippen molar-refractivity contribution in [1.29, 1.82) is 0 Å². The zero-order valence-corrected chi connectivity index (χ0v) is 2.40. The summed E-state index contributed by atoms with van der Waals surface area (Å²) >= 11 is 4.21. The maximum absolute atomic E-state index is 7.02. The van der Waals surface area contributed by atoms with Gasteiger partial charge in [-0.3, -0.25) is 0 Å². The van der Waals surface area contributed by atoms with E-state index >= 15 is 0 Å². The normalized spacial score (nSPS) is 7.50. The molecule has 0 heterocycles. The first-order valence-corrected chi connectivity index (χ1v) is 0.812. The summed E-state index contributed by atoms with van der Waals surface area (Å²) in [5.74, 6) is 0. The second-order valence-electron chi connectivity index (χ2n) is 0.138. The Balaban J connectivity index is 1.97. The standard InChI is InChI=1S/ClHO3/c1-3-4-2/h2H. The van der Waals surface area contributed by atoms with Crippen molar-refractivity contribution in [3.8, 4) is 0 Å². The smallest absolute Gasteiger partial charge is 0.103 e. The molecule has 26 valence electrons. The van der Waals surface area contributed by atoms with Gasteiger partial charge in [0.2, 0.25) is 0 Å². The van der Waals surface area contributed by atoms with E-state index in [2.05, 4.69) is 21.3 Å². The van der Waals surface area contributed by atoms with Crippen LogP contribution in [0.15, 0.2) is 0 Å². The van der Waals surface area contributed by atoms with Crippen molar-refractivity contribution in [2.45, 2.75) is 0 Å². The Bertz CT molecular complexity index is 5.25. The molecule has 4 heteroatoms. The molecule has 0 bridgehead atoms. The quantitative estimate of drug-likeness (QED) is 0.373. The van der Waals surface area contributed by atoms with E-state index in [9.17, 15) is 0 Å². The molecular weight excluding hydrogens is 83.5 g/mol. The lowest BCUT2D eigenvalue weighted by molar-refractivity contribution is -0.439. The number of halogens is 1. The lowest BCUT2D eigenvalue weighted by Crippen LogP contribution is -1.66. The molecule has 0 spiro atoms. The first kappa shape index (κ1) is 4.17. The lowest BCUT2D eigenvalue weighted by Gasteiger charge is -1.69. The Morgan fingerprint density at radius 2 is 2.00 bits per heavy atom. The minimum Gasteiger partial charge on any atom is -0.220 e. The molecule has 3 nitrogen and oxygen atoms in total. The molecule has 0 saturated heterocycles. The average Bonchev–Trinajstić information content (AvgIpc) is 1.37. The number of rotatable bonds is 1. The van der Waals surface area contributed by atoms with Gasteiger partial charge in [-0.25, -0.2) is 5.26 Å². The van der Waals surface area contributed by atoms with Crippen molar-refractivity contribution in [3.05, 3.63) is 0 Å². The molecule has 0 aliphatic carbocycles. The summed E-state index contributed by atoms with van der Waals surface area (Å²) in [6, 6.07) is 0. The fourth-order valence-electron chi connectivity index (χ4n) is 0. The first-order valence-electron chi connectivity index (χ1n) is 0.504. The predicted octanol–water partition coefficient (Wildman–Crippen LogP) is 0.561. The molecule has 0 rings (SSSR count). The van der Waals surface area contributed by atoms with Gasteiger partial charge in [-0.05, 0) is 0 Å². The number of hydrogen-bond donors (Lipinski definition) is 1.